The average molecular weight is 262 g/mol. The number of thiophene rings is 1. The first kappa shape index (κ1) is 13.5. The zero-order valence-electron chi connectivity index (χ0n) is 9.53. The Morgan fingerprint density at radius 3 is 2.44 bits per heavy atom. The Bertz CT molecular complexity index is 365. The van der Waals surface area contributed by atoms with Crippen molar-refractivity contribution in [2.45, 2.75) is 19.9 Å². The van der Waals surface area contributed by atoms with Gasteiger partial charge in [0.15, 0.2) is 0 Å². The first-order valence-corrected chi connectivity index (χ1v) is 6.32. The summed E-state index contributed by atoms with van der Waals surface area (Å²) in [7, 11) is 1.77. The summed E-state index contributed by atoms with van der Waals surface area (Å²) in [5.41, 5.74) is 0. The summed E-state index contributed by atoms with van der Waals surface area (Å²) in [5, 5.41) is 12.3. The fourth-order valence-electron chi connectivity index (χ4n) is 1.81. The number of hydrogen-bond acceptors (Lipinski definition) is 3. The Labute approximate surface area is 104 Å². The lowest BCUT2D eigenvalue weighted by molar-refractivity contribution is -0.144. The van der Waals surface area contributed by atoms with Gasteiger partial charge in [0.2, 0.25) is 0 Å². The molecule has 0 bridgehead atoms. The molecule has 2 N–H and O–H groups in total. The molecule has 1 aromatic rings. The molecule has 2 unspecified atom stereocenters. The van der Waals surface area contributed by atoms with Crippen LogP contribution in [0.4, 0.5) is 0 Å². The van der Waals surface area contributed by atoms with Gasteiger partial charge in [-0.3, -0.25) is 4.79 Å². The standard InChI is InChI=1S/C11H16ClNO2S/c1-6(2)9(11(14)15)10(13-3)7-4-5-8(12)16-7/h4-6,9-10,13H,1-3H3,(H,14,15). The molecule has 1 aromatic heterocycles. The molecule has 0 aromatic carbocycles. The number of carbonyl (C=O) groups is 1. The summed E-state index contributed by atoms with van der Waals surface area (Å²) in [4.78, 5) is 12.2. The van der Waals surface area contributed by atoms with E-state index in [2.05, 4.69) is 5.32 Å². The van der Waals surface area contributed by atoms with Crippen LogP contribution in [-0.4, -0.2) is 18.1 Å². The third-order valence-electron chi connectivity index (χ3n) is 2.57. The van der Waals surface area contributed by atoms with E-state index >= 15 is 0 Å². The maximum absolute atomic E-state index is 11.3. The lowest BCUT2D eigenvalue weighted by atomic mass is 9.87. The first-order chi connectivity index (χ1) is 7.47. The van der Waals surface area contributed by atoms with Gasteiger partial charge in [-0.1, -0.05) is 25.4 Å². The van der Waals surface area contributed by atoms with Gasteiger partial charge in [0.1, 0.15) is 0 Å². The van der Waals surface area contributed by atoms with Crippen molar-refractivity contribution in [3.05, 3.63) is 21.3 Å². The Hall–Kier alpha value is -0.580. The summed E-state index contributed by atoms with van der Waals surface area (Å²) in [6.07, 6.45) is 0. The van der Waals surface area contributed by atoms with Crippen molar-refractivity contribution in [2.75, 3.05) is 7.05 Å². The number of hydrogen-bond donors (Lipinski definition) is 2. The zero-order valence-corrected chi connectivity index (χ0v) is 11.1. The van der Waals surface area contributed by atoms with E-state index in [9.17, 15) is 9.90 Å². The third-order valence-corrected chi connectivity index (χ3v) is 3.89. The largest absolute Gasteiger partial charge is 0.481 e. The molecule has 0 amide bonds. The van der Waals surface area contributed by atoms with E-state index in [1.165, 1.54) is 11.3 Å². The Kier molecular flexibility index (Phi) is 4.77. The molecule has 0 saturated heterocycles. The van der Waals surface area contributed by atoms with E-state index in [0.717, 1.165) is 4.88 Å². The highest BCUT2D eigenvalue weighted by Crippen LogP contribution is 2.34. The minimum absolute atomic E-state index is 0.0656. The van der Waals surface area contributed by atoms with E-state index in [1.54, 1.807) is 13.1 Å². The number of nitrogens with one attached hydrogen (secondary N) is 1. The second-order valence-electron chi connectivity index (χ2n) is 4.02. The van der Waals surface area contributed by atoms with Crippen molar-refractivity contribution in [3.63, 3.8) is 0 Å². The summed E-state index contributed by atoms with van der Waals surface area (Å²) < 4.78 is 0.683. The van der Waals surface area contributed by atoms with Gasteiger partial charge in [0.05, 0.1) is 16.3 Å². The van der Waals surface area contributed by atoms with Crippen LogP contribution in [0.2, 0.25) is 4.34 Å². The summed E-state index contributed by atoms with van der Waals surface area (Å²) in [5.74, 6) is -1.16. The zero-order chi connectivity index (χ0) is 12.3. The molecule has 3 nitrogen and oxygen atoms in total. The molecule has 1 heterocycles. The van der Waals surface area contributed by atoms with Gasteiger partial charge >= 0.3 is 5.97 Å². The highest BCUT2D eigenvalue weighted by molar-refractivity contribution is 7.16. The van der Waals surface area contributed by atoms with Crippen LogP contribution < -0.4 is 5.32 Å². The molecule has 0 fully saturated rings. The van der Waals surface area contributed by atoms with Crippen LogP contribution >= 0.6 is 22.9 Å². The SMILES string of the molecule is CNC(c1ccc(Cl)s1)C(C(=O)O)C(C)C. The number of carboxylic acid groups (broad SMARTS) is 1. The number of carboxylic acids is 1. The van der Waals surface area contributed by atoms with Crippen molar-refractivity contribution in [3.8, 4) is 0 Å². The monoisotopic (exact) mass is 261 g/mol. The second kappa shape index (κ2) is 5.66. The maximum Gasteiger partial charge on any atom is 0.308 e. The van der Waals surface area contributed by atoms with Gasteiger partial charge in [-0.2, -0.15) is 0 Å². The third kappa shape index (κ3) is 2.97. The lowest BCUT2D eigenvalue weighted by Crippen LogP contribution is -2.33. The fraction of sp³-hybridized carbons (Fsp3) is 0.545. The van der Waals surface area contributed by atoms with Crippen LogP contribution in [0.3, 0.4) is 0 Å². The predicted octanol–water partition coefficient (Wildman–Crippen LogP) is 3.02. The summed E-state index contributed by atoms with van der Waals surface area (Å²) in [6.45, 7) is 3.83. The van der Waals surface area contributed by atoms with Crippen molar-refractivity contribution >= 4 is 28.9 Å². The molecule has 1 rings (SSSR count). The van der Waals surface area contributed by atoms with Crippen LogP contribution in [-0.2, 0) is 4.79 Å². The van der Waals surface area contributed by atoms with Gasteiger partial charge in [-0.05, 0) is 25.1 Å². The summed E-state index contributed by atoms with van der Waals surface area (Å²) >= 11 is 7.29. The maximum atomic E-state index is 11.3. The molecule has 0 aliphatic carbocycles. The molecular formula is C11H16ClNO2S. The molecule has 90 valence electrons. The fourth-order valence-corrected chi connectivity index (χ4v) is 3.03. The quantitative estimate of drug-likeness (QED) is 0.857. The molecule has 0 spiro atoms. The minimum atomic E-state index is -0.779. The lowest BCUT2D eigenvalue weighted by Gasteiger charge is -2.25. The molecule has 2 atom stereocenters. The molecule has 0 saturated carbocycles. The van der Waals surface area contributed by atoms with Gasteiger partial charge in [-0.15, -0.1) is 11.3 Å². The number of rotatable bonds is 5. The van der Waals surface area contributed by atoms with Gasteiger partial charge < -0.3 is 10.4 Å². The van der Waals surface area contributed by atoms with Crippen molar-refractivity contribution in [1.29, 1.82) is 0 Å². The molecule has 0 aliphatic rings. The van der Waals surface area contributed by atoms with Gasteiger partial charge in [0.25, 0.3) is 0 Å². The van der Waals surface area contributed by atoms with Crippen molar-refractivity contribution in [2.24, 2.45) is 11.8 Å². The molecule has 16 heavy (non-hydrogen) atoms. The Morgan fingerprint density at radius 1 is 1.50 bits per heavy atom. The van der Waals surface area contributed by atoms with E-state index in [4.69, 9.17) is 11.6 Å². The molecule has 0 aliphatic heterocycles. The van der Waals surface area contributed by atoms with Gasteiger partial charge in [0, 0.05) is 4.88 Å². The smallest absolute Gasteiger partial charge is 0.308 e. The van der Waals surface area contributed by atoms with Crippen LogP contribution in [0.1, 0.15) is 24.8 Å². The van der Waals surface area contributed by atoms with Crippen molar-refractivity contribution < 1.29 is 9.90 Å². The number of aliphatic carboxylic acids is 1. The van der Waals surface area contributed by atoms with Crippen LogP contribution in [0.25, 0.3) is 0 Å². The highest BCUT2D eigenvalue weighted by Gasteiger charge is 2.31. The molecular weight excluding hydrogens is 246 g/mol. The Morgan fingerprint density at radius 2 is 2.12 bits per heavy atom. The first-order valence-electron chi connectivity index (χ1n) is 5.12. The van der Waals surface area contributed by atoms with Crippen LogP contribution in [0.15, 0.2) is 12.1 Å². The van der Waals surface area contributed by atoms with Crippen LogP contribution in [0, 0.1) is 11.8 Å². The average Bonchev–Trinajstić information content (AvgIpc) is 2.59. The van der Waals surface area contributed by atoms with E-state index in [1.807, 2.05) is 19.9 Å². The Balaban J connectivity index is 3.00. The number of halogens is 1. The topological polar surface area (TPSA) is 49.3 Å². The normalized spacial score (nSPS) is 15.1. The van der Waals surface area contributed by atoms with Gasteiger partial charge in [-0.25, -0.2) is 0 Å². The van der Waals surface area contributed by atoms with E-state index in [-0.39, 0.29) is 12.0 Å². The molecule has 5 heteroatoms. The van der Waals surface area contributed by atoms with Crippen LogP contribution in [0.5, 0.6) is 0 Å². The minimum Gasteiger partial charge on any atom is -0.481 e. The summed E-state index contributed by atoms with van der Waals surface area (Å²) in [6, 6.07) is 3.49. The molecule has 0 radical (unpaired) electrons. The van der Waals surface area contributed by atoms with E-state index in [0.29, 0.717) is 4.34 Å². The van der Waals surface area contributed by atoms with Crippen molar-refractivity contribution in [1.82, 2.24) is 5.32 Å². The second-order valence-corrected chi connectivity index (χ2v) is 5.76. The highest BCUT2D eigenvalue weighted by atomic mass is 35.5. The predicted molar refractivity (Wildman–Crippen MR) is 67.1 cm³/mol. The van der Waals surface area contributed by atoms with E-state index < -0.39 is 11.9 Å².